The number of amides is 2. The van der Waals surface area contributed by atoms with E-state index in [9.17, 15) is 9.00 Å². The van der Waals surface area contributed by atoms with Gasteiger partial charge in [0.15, 0.2) is 9.92 Å². The Morgan fingerprint density at radius 1 is 1.30 bits per heavy atom. The number of aryl methyl sites for hydroxylation is 2. The summed E-state index contributed by atoms with van der Waals surface area (Å²) in [5, 5.41) is 13.2. The predicted octanol–water partition coefficient (Wildman–Crippen LogP) is 2.39. The fraction of sp³-hybridized carbons (Fsp3) is 0.545. The van der Waals surface area contributed by atoms with Crippen LogP contribution in [-0.4, -0.2) is 53.6 Å². The number of fused-ring (bicyclic) bond motifs is 3. The summed E-state index contributed by atoms with van der Waals surface area (Å²) >= 11 is 0. The van der Waals surface area contributed by atoms with Crippen LogP contribution < -0.4 is 15.2 Å². The molecule has 3 aliphatic rings. The molecule has 0 saturated heterocycles. The first-order valence-electron chi connectivity index (χ1n) is 11.1. The van der Waals surface area contributed by atoms with Gasteiger partial charge in [-0.1, -0.05) is 6.07 Å². The fourth-order valence-electron chi connectivity index (χ4n) is 5.25. The Bertz CT molecular complexity index is 1220. The molecule has 0 saturated carbocycles. The average Bonchev–Trinajstić information content (AvgIpc) is 3.51. The minimum atomic E-state index is -3.56. The smallest absolute Gasteiger partial charge is 0.354 e. The van der Waals surface area contributed by atoms with E-state index >= 15 is 0 Å². The summed E-state index contributed by atoms with van der Waals surface area (Å²) in [7, 11) is -0.301. The van der Waals surface area contributed by atoms with E-state index in [4.69, 9.17) is 19.3 Å². The number of nitrogens with zero attached hydrogens (tertiary/aromatic N) is 3. The van der Waals surface area contributed by atoms with Gasteiger partial charge >= 0.3 is 6.03 Å². The monoisotopic (exact) mass is 475 g/mol. The van der Waals surface area contributed by atoms with Crippen LogP contribution in [0.2, 0.25) is 0 Å². The second-order valence-electron chi connectivity index (χ2n) is 8.79. The number of anilines is 1. The predicted molar refractivity (Wildman–Crippen MR) is 122 cm³/mol. The van der Waals surface area contributed by atoms with Crippen molar-refractivity contribution in [1.82, 2.24) is 9.78 Å². The number of nitrogens with one attached hydrogen (secondary N) is 1. The highest BCUT2D eigenvalue weighted by Crippen LogP contribution is 2.44. The van der Waals surface area contributed by atoms with Gasteiger partial charge in [-0.2, -0.15) is 5.10 Å². The lowest BCUT2D eigenvalue weighted by Crippen LogP contribution is -2.22. The zero-order valence-electron chi connectivity index (χ0n) is 18.8. The summed E-state index contributed by atoms with van der Waals surface area (Å²) in [5.41, 5.74) is 5.55. The van der Waals surface area contributed by atoms with Crippen molar-refractivity contribution in [3.05, 3.63) is 34.5 Å². The molecule has 2 aromatic rings. The lowest BCUT2D eigenvalue weighted by molar-refractivity contribution is 0.0920. The Kier molecular flexibility index (Phi) is 5.89. The molecule has 2 amide bonds. The van der Waals surface area contributed by atoms with Crippen molar-refractivity contribution in [1.29, 1.82) is 0 Å². The Hall–Kier alpha value is -2.47. The number of ether oxygens (including phenoxy) is 3. The van der Waals surface area contributed by atoms with Crippen LogP contribution in [0.15, 0.2) is 21.5 Å². The third-order valence-corrected chi connectivity index (χ3v) is 7.94. The molecule has 0 fully saturated rings. The molecule has 5 rings (SSSR count). The molecular formula is C22H29N5O5S. The molecule has 3 N–H and O–H groups in total. The molecule has 1 unspecified atom stereocenters. The molecule has 0 radical (unpaired) electrons. The standard InChI is InChI=1S/C22H29N5O5S/c1-30-11-15-7-6-14-8-13-4-3-5-17(13)20(19(14)15)25-22(28)26-33(23,29)18-9-24-27-10-16(12-31-2)32-21(18)27/h8-9,15-16H,3-7,10-12H2,1-2H3,(H3,23,25,26,28,29)/t15-,16+,33?/m0/s1. The first-order valence-corrected chi connectivity index (χ1v) is 12.7. The molecule has 1 aliphatic heterocycles. The average molecular weight is 476 g/mol. The summed E-state index contributed by atoms with van der Waals surface area (Å²) in [6, 6.07) is 1.54. The molecule has 0 bridgehead atoms. The number of rotatable bonds is 6. The number of carbonyl (C=O) groups excluding carboxylic acids is 1. The first kappa shape index (κ1) is 22.3. The zero-order valence-corrected chi connectivity index (χ0v) is 19.7. The van der Waals surface area contributed by atoms with Gasteiger partial charge in [0.05, 0.1) is 26.0 Å². The highest BCUT2D eigenvalue weighted by atomic mass is 32.2. The van der Waals surface area contributed by atoms with Gasteiger partial charge < -0.3 is 19.5 Å². The van der Waals surface area contributed by atoms with Crippen LogP contribution in [-0.2, 0) is 45.2 Å². The number of nitrogens with two attached hydrogens (primary N) is 1. The number of aromatic nitrogens is 2. The molecule has 3 atom stereocenters. The maximum atomic E-state index is 13.3. The van der Waals surface area contributed by atoms with E-state index < -0.39 is 15.9 Å². The molecule has 11 heteroatoms. The summed E-state index contributed by atoms with van der Waals surface area (Å²) in [4.78, 5) is 13.1. The van der Waals surface area contributed by atoms with Crippen LogP contribution in [0.1, 0.15) is 41.0 Å². The highest BCUT2D eigenvalue weighted by Gasteiger charge is 2.33. The van der Waals surface area contributed by atoms with Crippen molar-refractivity contribution in [3.8, 4) is 5.88 Å². The number of methoxy groups -OCH3 is 2. The number of hydrogen-bond acceptors (Lipinski definition) is 6. The number of benzene rings is 1. The topological polar surface area (TPSA) is 130 Å². The van der Waals surface area contributed by atoms with Gasteiger partial charge in [-0.15, -0.1) is 4.36 Å². The Morgan fingerprint density at radius 3 is 2.91 bits per heavy atom. The van der Waals surface area contributed by atoms with Crippen molar-refractivity contribution in [2.24, 2.45) is 9.50 Å². The van der Waals surface area contributed by atoms with E-state index in [0.717, 1.165) is 48.9 Å². The summed E-state index contributed by atoms with van der Waals surface area (Å²) < 4.78 is 35.0. The maximum Gasteiger partial charge on any atom is 0.354 e. The van der Waals surface area contributed by atoms with E-state index in [-0.39, 0.29) is 22.8 Å². The van der Waals surface area contributed by atoms with Gasteiger partial charge in [-0.25, -0.2) is 18.8 Å². The van der Waals surface area contributed by atoms with E-state index in [1.165, 1.54) is 17.3 Å². The maximum absolute atomic E-state index is 13.3. The third-order valence-electron chi connectivity index (χ3n) is 6.60. The second-order valence-corrected chi connectivity index (χ2v) is 10.5. The zero-order chi connectivity index (χ0) is 23.2. The summed E-state index contributed by atoms with van der Waals surface area (Å²) in [6.07, 6.45) is 5.95. The van der Waals surface area contributed by atoms with Crippen LogP contribution in [0.25, 0.3) is 0 Å². The summed E-state index contributed by atoms with van der Waals surface area (Å²) in [6.45, 7) is 1.40. The fourth-order valence-corrected chi connectivity index (χ4v) is 6.24. The van der Waals surface area contributed by atoms with Gasteiger partial charge in [0.25, 0.3) is 0 Å². The van der Waals surface area contributed by atoms with E-state index in [2.05, 4.69) is 20.8 Å². The molecule has 10 nitrogen and oxygen atoms in total. The molecular weight excluding hydrogens is 446 g/mol. The van der Waals surface area contributed by atoms with Crippen molar-refractivity contribution in [3.63, 3.8) is 0 Å². The Balaban J connectivity index is 1.46. The second kappa shape index (κ2) is 8.71. The van der Waals surface area contributed by atoms with Crippen molar-refractivity contribution >= 4 is 21.6 Å². The number of urea groups is 1. The molecule has 1 aromatic heterocycles. The molecule has 1 aromatic carbocycles. The van der Waals surface area contributed by atoms with Crippen LogP contribution in [0, 0.1) is 0 Å². The molecule has 0 spiro atoms. The van der Waals surface area contributed by atoms with Crippen LogP contribution in [0.5, 0.6) is 5.88 Å². The minimum Gasteiger partial charge on any atom is -0.469 e. The van der Waals surface area contributed by atoms with Crippen molar-refractivity contribution in [2.45, 2.75) is 55.6 Å². The number of hydrogen-bond donors (Lipinski definition) is 2. The van der Waals surface area contributed by atoms with Gasteiger partial charge in [-0.05, 0) is 54.4 Å². The normalized spacial score (nSPS) is 22.3. The SMILES string of the molecule is COC[C@H]1Cn2ncc(S(N)(=O)=NC(=O)Nc3c4c(cc5c3[C@H](COC)CC5)CCC4)c2O1. The quantitative estimate of drug-likeness (QED) is 0.660. The largest absolute Gasteiger partial charge is 0.469 e. The minimum absolute atomic E-state index is 0.108. The van der Waals surface area contributed by atoms with Gasteiger partial charge in [0.2, 0.25) is 5.88 Å². The lowest BCUT2D eigenvalue weighted by Gasteiger charge is -2.19. The van der Waals surface area contributed by atoms with E-state index in [0.29, 0.717) is 19.8 Å². The van der Waals surface area contributed by atoms with Crippen LogP contribution in [0.3, 0.4) is 0 Å². The van der Waals surface area contributed by atoms with Crippen LogP contribution in [0.4, 0.5) is 10.5 Å². The first-order chi connectivity index (χ1) is 15.9. The highest BCUT2D eigenvalue weighted by molar-refractivity contribution is 7.91. The third kappa shape index (κ3) is 4.03. The van der Waals surface area contributed by atoms with Crippen molar-refractivity contribution < 1.29 is 23.2 Å². The summed E-state index contributed by atoms with van der Waals surface area (Å²) in [5.74, 6) is 0.473. The van der Waals surface area contributed by atoms with Crippen molar-refractivity contribution in [2.75, 3.05) is 32.8 Å². The van der Waals surface area contributed by atoms with Gasteiger partial charge in [0, 0.05) is 25.8 Å². The number of carbonyl (C=O) groups is 1. The van der Waals surface area contributed by atoms with Crippen LogP contribution >= 0.6 is 0 Å². The van der Waals surface area contributed by atoms with Gasteiger partial charge in [-0.3, -0.25) is 0 Å². The molecule has 33 heavy (non-hydrogen) atoms. The van der Waals surface area contributed by atoms with Gasteiger partial charge in [0.1, 0.15) is 11.0 Å². The van der Waals surface area contributed by atoms with E-state index in [1.807, 2.05) is 0 Å². The Labute approximate surface area is 193 Å². The molecule has 178 valence electrons. The Morgan fingerprint density at radius 2 is 2.12 bits per heavy atom. The molecule has 2 heterocycles. The lowest BCUT2D eigenvalue weighted by atomic mass is 9.94. The molecule has 2 aliphatic carbocycles. The van der Waals surface area contributed by atoms with E-state index in [1.54, 1.807) is 18.9 Å².